The number of benzene rings is 1. The number of nitrogens with one attached hydrogen (secondary N) is 1. The fourth-order valence-electron chi connectivity index (χ4n) is 1.26. The highest BCUT2D eigenvalue weighted by Crippen LogP contribution is 2.25. The molecule has 89 valence electrons. The van der Waals surface area contributed by atoms with Crippen molar-refractivity contribution in [3.8, 4) is 0 Å². The summed E-state index contributed by atoms with van der Waals surface area (Å²) in [6.45, 7) is 9.39. The Morgan fingerprint density at radius 3 is 2.31 bits per heavy atom. The van der Waals surface area contributed by atoms with E-state index >= 15 is 0 Å². The maximum atomic E-state index is 5.98. The molecule has 0 aliphatic rings. The van der Waals surface area contributed by atoms with Crippen LogP contribution in [0.25, 0.3) is 0 Å². The summed E-state index contributed by atoms with van der Waals surface area (Å²) in [7, 11) is 0. The number of hydrogen-bond donors (Lipinski definition) is 1. The second kappa shape index (κ2) is 5.39. The van der Waals surface area contributed by atoms with Crippen LogP contribution in [0.3, 0.4) is 0 Å². The van der Waals surface area contributed by atoms with Crippen LogP contribution < -0.4 is 5.32 Å². The predicted molar refractivity (Wildman–Crippen MR) is 72.2 cm³/mol. The Bertz CT molecular complexity index is 355. The molecule has 0 aliphatic heterocycles. The van der Waals surface area contributed by atoms with Gasteiger partial charge < -0.3 is 5.32 Å². The summed E-state index contributed by atoms with van der Waals surface area (Å²) in [6, 6.07) is 5.73. The zero-order chi connectivity index (χ0) is 12.3. The minimum absolute atomic E-state index is 0.123. The summed E-state index contributed by atoms with van der Waals surface area (Å²) in [5.41, 5.74) is 1.25. The summed E-state index contributed by atoms with van der Waals surface area (Å²) in [4.78, 5) is 0. The summed E-state index contributed by atoms with van der Waals surface area (Å²) < 4.78 is 0. The van der Waals surface area contributed by atoms with E-state index in [1.165, 1.54) is 5.92 Å². The molecular weight excluding hydrogens is 241 g/mol. The van der Waals surface area contributed by atoms with Crippen LogP contribution in [0.1, 0.15) is 33.3 Å². The smallest absolute Gasteiger partial charge is 0.0595 e. The van der Waals surface area contributed by atoms with Crippen LogP contribution in [0.4, 0.5) is 0 Å². The van der Waals surface area contributed by atoms with Crippen LogP contribution in [-0.2, 0) is 0 Å². The number of rotatable bonds is 3. The first-order valence-corrected chi connectivity index (χ1v) is 6.08. The summed E-state index contributed by atoms with van der Waals surface area (Å²) in [5.74, 6) is 1.26. The largest absolute Gasteiger partial charge is 0.311 e. The van der Waals surface area contributed by atoms with Crippen LogP contribution in [0.15, 0.2) is 18.2 Å². The molecule has 0 aromatic heterocycles. The molecule has 1 radical (unpaired) electrons. The minimum Gasteiger partial charge on any atom is -0.311 e. The highest BCUT2D eigenvalue weighted by molar-refractivity contribution is 6.42. The van der Waals surface area contributed by atoms with Crippen LogP contribution in [0.2, 0.25) is 10.0 Å². The SMILES string of the molecule is C[C](CNC(C)(C)C)c1ccc(Cl)c(Cl)c1. The molecule has 1 rings (SSSR count). The molecule has 0 unspecified atom stereocenters. The Morgan fingerprint density at radius 1 is 1.19 bits per heavy atom. The zero-order valence-electron chi connectivity index (χ0n) is 10.2. The Labute approximate surface area is 108 Å². The first-order chi connectivity index (χ1) is 7.29. The molecule has 0 saturated heterocycles. The highest BCUT2D eigenvalue weighted by Gasteiger charge is 2.13. The van der Waals surface area contributed by atoms with Gasteiger partial charge in [0.05, 0.1) is 10.0 Å². The fraction of sp³-hybridized carbons (Fsp3) is 0.462. The Balaban J connectivity index is 2.66. The lowest BCUT2D eigenvalue weighted by Crippen LogP contribution is -2.38. The van der Waals surface area contributed by atoms with Gasteiger partial charge in [-0.3, -0.25) is 0 Å². The van der Waals surface area contributed by atoms with Gasteiger partial charge in [0, 0.05) is 18.0 Å². The third-order valence-corrected chi connectivity index (χ3v) is 3.04. The zero-order valence-corrected chi connectivity index (χ0v) is 11.7. The molecule has 0 heterocycles. The molecule has 0 bridgehead atoms. The summed E-state index contributed by atoms with van der Waals surface area (Å²) in [6.07, 6.45) is 0. The average molecular weight is 259 g/mol. The van der Waals surface area contributed by atoms with Crippen molar-refractivity contribution in [3.05, 3.63) is 39.7 Å². The molecule has 0 atom stereocenters. The van der Waals surface area contributed by atoms with Gasteiger partial charge in [-0.1, -0.05) is 36.2 Å². The van der Waals surface area contributed by atoms with Gasteiger partial charge in [0.25, 0.3) is 0 Å². The maximum absolute atomic E-state index is 5.98. The van der Waals surface area contributed by atoms with Crippen molar-refractivity contribution in [2.45, 2.75) is 33.2 Å². The second-order valence-electron chi connectivity index (χ2n) is 5.01. The van der Waals surface area contributed by atoms with Gasteiger partial charge in [0.1, 0.15) is 0 Å². The topological polar surface area (TPSA) is 12.0 Å². The van der Waals surface area contributed by atoms with E-state index in [1.807, 2.05) is 18.2 Å². The molecule has 0 fully saturated rings. The van der Waals surface area contributed by atoms with Gasteiger partial charge in [0.15, 0.2) is 0 Å². The lowest BCUT2D eigenvalue weighted by Gasteiger charge is -2.23. The standard InChI is InChI=1S/C13H18Cl2N/c1-9(8-16-13(2,3)4)10-5-6-11(14)12(15)7-10/h5-7,16H,8H2,1-4H3. The lowest BCUT2D eigenvalue weighted by atomic mass is 9.99. The van der Waals surface area contributed by atoms with Crippen LogP contribution in [0, 0.1) is 5.92 Å². The minimum atomic E-state index is 0.123. The van der Waals surface area contributed by atoms with Crippen molar-refractivity contribution in [2.24, 2.45) is 0 Å². The van der Waals surface area contributed by atoms with Gasteiger partial charge in [-0.15, -0.1) is 0 Å². The molecule has 1 aromatic rings. The molecule has 0 aliphatic carbocycles. The van der Waals surface area contributed by atoms with E-state index < -0.39 is 0 Å². The first-order valence-electron chi connectivity index (χ1n) is 5.32. The Kier molecular flexibility index (Phi) is 4.66. The van der Waals surface area contributed by atoms with Gasteiger partial charge in [0.2, 0.25) is 0 Å². The van der Waals surface area contributed by atoms with E-state index in [0.717, 1.165) is 12.1 Å². The van der Waals surface area contributed by atoms with E-state index in [4.69, 9.17) is 23.2 Å². The molecule has 0 amide bonds. The summed E-state index contributed by atoms with van der Waals surface area (Å²) in [5, 5.41) is 4.65. The molecule has 3 heteroatoms. The van der Waals surface area contributed by atoms with Crippen molar-refractivity contribution in [2.75, 3.05) is 6.54 Å². The predicted octanol–water partition coefficient (Wildman–Crippen LogP) is 4.32. The number of hydrogen-bond acceptors (Lipinski definition) is 1. The van der Waals surface area contributed by atoms with E-state index in [-0.39, 0.29) is 5.54 Å². The molecule has 16 heavy (non-hydrogen) atoms. The molecular formula is C13H18Cl2N. The third-order valence-electron chi connectivity index (χ3n) is 2.30. The normalized spacial score (nSPS) is 12.2. The monoisotopic (exact) mass is 258 g/mol. The first kappa shape index (κ1) is 13.8. The average Bonchev–Trinajstić information content (AvgIpc) is 2.17. The van der Waals surface area contributed by atoms with Crippen LogP contribution in [-0.4, -0.2) is 12.1 Å². The molecule has 1 aromatic carbocycles. The second-order valence-corrected chi connectivity index (χ2v) is 5.83. The third kappa shape index (κ3) is 4.32. The van der Waals surface area contributed by atoms with E-state index in [9.17, 15) is 0 Å². The Hall–Kier alpha value is -0.240. The van der Waals surface area contributed by atoms with Crippen molar-refractivity contribution >= 4 is 23.2 Å². The fourth-order valence-corrected chi connectivity index (χ4v) is 1.56. The van der Waals surface area contributed by atoms with Gasteiger partial charge in [-0.25, -0.2) is 0 Å². The van der Waals surface area contributed by atoms with Crippen molar-refractivity contribution in [1.29, 1.82) is 0 Å². The summed E-state index contributed by atoms with van der Waals surface area (Å²) >= 11 is 11.9. The number of halogens is 2. The van der Waals surface area contributed by atoms with Gasteiger partial charge >= 0.3 is 0 Å². The molecule has 0 spiro atoms. The van der Waals surface area contributed by atoms with E-state index in [0.29, 0.717) is 10.0 Å². The van der Waals surface area contributed by atoms with Gasteiger partial charge in [-0.2, -0.15) is 0 Å². The van der Waals surface area contributed by atoms with Crippen molar-refractivity contribution in [1.82, 2.24) is 5.32 Å². The van der Waals surface area contributed by atoms with E-state index in [1.54, 1.807) is 0 Å². The highest BCUT2D eigenvalue weighted by atomic mass is 35.5. The van der Waals surface area contributed by atoms with E-state index in [2.05, 4.69) is 33.0 Å². The molecule has 1 N–H and O–H groups in total. The Morgan fingerprint density at radius 2 is 1.81 bits per heavy atom. The van der Waals surface area contributed by atoms with Crippen LogP contribution in [0.5, 0.6) is 0 Å². The lowest BCUT2D eigenvalue weighted by molar-refractivity contribution is 0.436. The maximum Gasteiger partial charge on any atom is 0.0595 e. The van der Waals surface area contributed by atoms with Gasteiger partial charge in [-0.05, 0) is 38.5 Å². The quantitative estimate of drug-likeness (QED) is 0.852. The molecule has 0 saturated carbocycles. The van der Waals surface area contributed by atoms with Crippen LogP contribution >= 0.6 is 23.2 Å². The van der Waals surface area contributed by atoms with Crippen molar-refractivity contribution in [3.63, 3.8) is 0 Å². The van der Waals surface area contributed by atoms with Crippen molar-refractivity contribution < 1.29 is 0 Å². The molecule has 1 nitrogen and oxygen atoms in total.